The predicted molar refractivity (Wildman–Crippen MR) is 93.2 cm³/mol. The highest BCUT2D eigenvalue weighted by Gasteiger charge is 2.27. The zero-order valence-electron chi connectivity index (χ0n) is 12.3. The summed E-state index contributed by atoms with van der Waals surface area (Å²) in [6.45, 7) is 1.73. The maximum Gasteiger partial charge on any atom is 0.252 e. The van der Waals surface area contributed by atoms with Crippen LogP contribution in [-0.4, -0.2) is 28.2 Å². The lowest BCUT2D eigenvalue weighted by Gasteiger charge is -2.24. The van der Waals surface area contributed by atoms with E-state index >= 15 is 0 Å². The van der Waals surface area contributed by atoms with Gasteiger partial charge < -0.3 is 0 Å². The molecule has 0 saturated carbocycles. The third kappa shape index (κ3) is 4.01. The molecule has 0 spiro atoms. The van der Waals surface area contributed by atoms with Gasteiger partial charge in [0.1, 0.15) is 4.21 Å². The van der Waals surface area contributed by atoms with Crippen LogP contribution in [0, 0.1) is 0 Å². The molecule has 10 heteroatoms. The molecule has 6 nitrogen and oxygen atoms in total. The van der Waals surface area contributed by atoms with Gasteiger partial charge in [-0.3, -0.25) is 0 Å². The largest absolute Gasteiger partial charge is 0.252 e. The fourth-order valence-electron chi connectivity index (χ4n) is 1.93. The smallest absolute Gasteiger partial charge is 0.225 e. The van der Waals surface area contributed by atoms with Crippen LogP contribution in [0.4, 0.5) is 0 Å². The van der Waals surface area contributed by atoms with Gasteiger partial charge in [-0.05, 0) is 52.7 Å². The van der Waals surface area contributed by atoms with Crippen molar-refractivity contribution in [1.29, 1.82) is 0 Å². The molecule has 0 aliphatic rings. The number of thiophene rings is 1. The molecule has 0 unspecified atom stereocenters. The fraction of sp³-hybridized carbons (Fsp3) is 0.231. The zero-order valence-corrected chi connectivity index (χ0v) is 16.3. The van der Waals surface area contributed by atoms with Crippen LogP contribution >= 0.6 is 27.3 Å². The highest BCUT2D eigenvalue weighted by molar-refractivity contribution is 9.11. The minimum atomic E-state index is -3.77. The quantitative estimate of drug-likeness (QED) is 0.774. The molecule has 1 atom stereocenters. The maximum atomic E-state index is 12.6. The summed E-state index contributed by atoms with van der Waals surface area (Å²) in [6, 6.07) is 8.60. The van der Waals surface area contributed by atoms with Crippen molar-refractivity contribution in [3.05, 3.63) is 45.7 Å². The van der Waals surface area contributed by atoms with Crippen LogP contribution in [0.3, 0.4) is 0 Å². The van der Waals surface area contributed by atoms with E-state index in [1.165, 1.54) is 29.6 Å². The summed E-state index contributed by atoms with van der Waals surface area (Å²) >= 11 is 4.38. The third-order valence-corrected chi connectivity index (χ3v) is 8.37. The molecule has 2 rings (SSSR count). The molecule has 0 radical (unpaired) electrons. The van der Waals surface area contributed by atoms with Gasteiger partial charge in [0.25, 0.3) is 10.0 Å². The predicted octanol–water partition coefficient (Wildman–Crippen LogP) is 2.54. The number of halogens is 1. The van der Waals surface area contributed by atoms with Gasteiger partial charge in [-0.25, -0.2) is 22.0 Å². The average molecular weight is 439 g/mol. The molecule has 2 aromatic rings. The topological polar surface area (TPSA) is 97.5 Å². The Morgan fingerprint density at radius 3 is 2.09 bits per heavy atom. The number of sulfonamides is 2. The standard InChI is InChI=1S/C13H15BrN2O4S3/c1-9(10-3-5-11(6-4-10)22(15,17)18)16(2)23(19,20)13-8-7-12(14)21-13/h3-9H,1-2H3,(H2,15,17,18)/t9-/m0/s1. The van der Waals surface area contributed by atoms with Crippen molar-refractivity contribution in [2.24, 2.45) is 5.14 Å². The summed E-state index contributed by atoms with van der Waals surface area (Å²) in [7, 11) is -5.91. The van der Waals surface area contributed by atoms with Crippen LogP contribution in [-0.2, 0) is 20.0 Å². The van der Waals surface area contributed by atoms with E-state index in [2.05, 4.69) is 15.9 Å². The van der Waals surface area contributed by atoms with Crippen LogP contribution in [0.15, 0.2) is 49.3 Å². The average Bonchev–Trinajstić information content (AvgIpc) is 2.92. The first-order valence-corrected chi connectivity index (χ1v) is 11.0. The Morgan fingerprint density at radius 1 is 1.09 bits per heavy atom. The first kappa shape index (κ1) is 18.6. The number of benzene rings is 1. The molecule has 0 aliphatic heterocycles. The van der Waals surface area contributed by atoms with Gasteiger partial charge in [-0.1, -0.05) is 12.1 Å². The fourth-order valence-corrected chi connectivity index (χ4v) is 5.99. The first-order valence-electron chi connectivity index (χ1n) is 6.39. The van der Waals surface area contributed by atoms with Crippen LogP contribution in [0.1, 0.15) is 18.5 Å². The SMILES string of the molecule is C[C@@H](c1ccc(S(N)(=O)=O)cc1)N(C)S(=O)(=O)c1ccc(Br)s1. The molecule has 126 valence electrons. The molecule has 23 heavy (non-hydrogen) atoms. The molecular formula is C13H15BrN2O4S3. The number of rotatable bonds is 5. The van der Waals surface area contributed by atoms with E-state index in [4.69, 9.17) is 5.14 Å². The summed E-state index contributed by atoms with van der Waals surface area (Å²) in [5, 5.41) is 5.05. The van der Waals surface area contributed by atoms with Crippen molar-refractivity contribution in [2.45, 2.75) is 22.1 Å². The number of nitrogens with zero attached hydrogens (tertiary/aromatic N) is 1. The van der Waals surface area contributed by atoms with E-state index in [1.54, 1.807) is 25.1 Å². The minimum absolute atomic E-state index is 0.0128. The molecule has 1 heterocycles. The highest BCUT2D eigenvalue weighted by atomic mass is 79.9. The van der Waals surface area contributed by atoms with Crippen LogP contribution in [0.25, 0.3) is 0 Å². The van der Waals surface area contributed by atoms with Crippen molar-refractivity contribution in [3.63, 3.8) is 0 Å². The third-order valence-electron chi connectivity index (χ3n) is 3.42. The molecule has 2 N–H and O–H groups in total. The lowest BCUT2D eigenvalue weighted by Crippen LogP contribution is -2.29. The monoisotopic (exact) mass is 438 g/mol. The Morgan fingerprint density at radius 2 is 1.65 bits per heavy atom. The molecule has 0 amide bonds. The van der Waals surface area contributed by atoms with Crippen molar-refractivity contribution >= 4 is 47.3 Å². The summed E-state index contributed by atoms with van der Waals surface area (Å²) in [4.78, 5) is -0.0128. The Bertz CT molecular complexity index is 905. The van der Waals surface area contributed by atoms with Gasteiger partial charge in [0.2, 0.25) is 10.0 Å². The van der Waals surface area contributed by atoms with Gasteiger partial charge in [-0.2, -0.15) is 4.31 Å². The van der Waals surface area contributed by atoms with Crippen molar-refractivity contribution in [2.75, 3.05) is 7.05 Å². The van der Waals surface area contributed by atoms with Crippen molar-refractivity contribution in [1.82, 2.24) is 4.31 Å². The van der Waals surface area contributed by atoms with E-state index in [1.807, 2.05) is 0 Å². The molecular weight excluding hydrogens is 424 g/mol. The van der Waals surface area contributed by atoms with Gasteiger partial charge >= 0.3 is 0 Å². The second-order valence-corrected chi connectivity index (χ2v) is 11.1. The molecule has 1 aromatic carbocycles. The van der Waals surface area contributed by atoms with Gasteiger partial charge in [0.15, 0.2) is 0 Å². The van der Waals surface area contributed by atoms with Crippen LogP contribution in [0.5, 0.6) is 0 Å². The second-order valence-electron chi connectivity index (χ2n) is 4.87. The Hall–Kier alpha value is -0.780. The Labute approximate surface area is 148 Å². The zero-order chi connectivity index (χ0) is 17.4. The van der Waals surface area contributed by atoms with E-state index in [9.17, 15) is 16.8 Å². The Kier molecular flexibility index (Phi) is 5.34. The molecule has 1 aromatic heterocycles. The lowest BCUT2D eigenvalue weighted by molar-refractivity contribution is 0.399. The maximum absolute atomic E-state index is 12.6. The summed E-state index contributed by atoms with van der Waals surface area (Å²) in [5.74, 6) is 0. The molecule has 0 saturated heterocycles. The normalized spacial score (nSPS) is 14.1. The number of hydrogen-bond donors (Lipinski definition) is 1. The minimum Gasteiger partial charge on any atom is -0.225 e. The lowest BCUT2D eigenvalue weighted by atomic mass is 10.1. The van der Waals surface area contributed by atoms with E-state index in [-0.39, 0.29) is 9.10 Å². The van der Waals surface area contributed by atoms with Gasteiger partial charge in [0, 0.05) is 13.1 Å². The summed E-state index contributed by atoms with van der Waals surface area (Å²) in [6.07, 6.45) is 0. The molecule has 0 bridgehead atoms. The molecule has 0 fully saturated rings. The van der Waals surface area contributed by atoms with E-state index in [0.29, 0.717) is 5.56 Å². The summed E-state index contributed by atoms with van der Waals surface area (Å²) in [5.41, 5.74) is 0.666. The van der Waals surface area contributed by atoms with Crippen LogP contribution < -0.4 is 5.14 Å². The number of hydrogen-bond acceptors (Lipinski definition) is 5. The first-order chi connectivity index (χ1) is 10.5. The van der Waals surface area contributed by atoms with Gasteiger partial charge in [-0.15, -0.1) is 11.3 Å². The summed E-state index contributed by atoms with van der Waals surface area (Å²) < 4.78 is 49.9. The van der Waals surface area contributed by atoms with E-state index in [0.717, 1.165) is 15.1 Å². The van der Waals surface area contributed by atoms with E-state index < -0.39 is 26.1 Å². The highest BCUT2D eigenvalue weighted by Crippen LogP contribution is 2.32. The van der Waals surface area contributed by atoms with Crippen LogP contribution in [0.2, 0.25) is 0 Å². The van der Waals surface area contributed by atoms with Gasteiger partial charge in [0.05, 0.1) is 8.68 Å². The van der Waals surface area contributed by atoms with Crippen molar-refractivity contribution < 1.29 is 16.8 Å². The van der Waals surface area contributed by atoms with Crippen molar-refractivity contribution in [3.8, 4) is 0 Å². The number of primary sulfonamides is 1. The number of nitrogens with two attached hydrogens (primary N) is 1. The Balaban J connectivity index is 2.31. The molecule has 0 aliphatic carbocycles. The second kappa shape index (κ2) is 6.61.